The smallest absolute Gasteiger partial charge is 0.164 e. The number of aromatic nitrogens is 3. The Balaban J connectivity index is 1.24. The van der Waals surface area contributed by atoms with Crippen LogP contribution in [0, 0.1) is 0 Å². The molecule has 10 rings (SSSR count). The third-order valence-electron chi connectivity index (χ3n) is 9.74. The summed E-state index contributed by atoms with van der Waals surface area (Å²) < 4.78 is 6.58. The zero-order valence-corrected chi connectivity index (χ0v) is 27.5. The van der Waals surface area contributed by atoms with E-state index in [0.29, 0.717) is 17.5 Å². The van der Waals surface area contributed by atoms with Crippen LogP contribution in [0.5, 0.6) is 0 Å². The highest BCUT2D eigenvalue weighted by molar-refractivity contribution is 6.19. The van der Waals surface area contributed by atoms with E-state index in [1.165, 1.54) is 11.1 Å². The lowest BCUT2D eigenvalue weighted by Crippen LogP contribution is -2.01. The first-order chi connectivity index (χ1) is 25.3. The summed E-state index contributed by atoms with van der Waals surface area (Å²) in [5.41, 5.74) is 9.16. The zero-order chi connectivity index (χ0) is 33.7. The van der Waals surface area contributed by atoms with Gasteiger partial charge in [-0.25, -0.2) is 15.0 Å². The van der Waals surface area contributed by atoms with Gasteiger partial charge < -0.3 is 4.42 Å². The van der Waals surface area contributed by atoms with Gasteiger partial charge in [0.15, 0.2) is 17.5 Å². The van der Waals surface area contributed by atoms with E-state index in [9.17, 15) is 0 Å². The minimum atomic E-state index is 0.613. The van der Waals surface area contributed by atoms with Crippen molar-refractivity contribution in [3.63, 3.8) is 0 Å². The Bertz CT molecular complexity index is 2900. The Morgan fingerprint density at radius 1 is 0.294 bits per heavy atom. The van der Waals surface area contributed by atoms with Crippen LogP contribution in [-0.4, -0.2) is 15.0 Å². The highest BCUT2D eigenvalue weighted by atomic mass is 16.3. The third-order valence-corrected chi connectivity index (χ3v) is 9.74. The first kappa shape index (κ1) is 29.0. The maximum atomic E-state index is 6.58. The van der Waals surface area contributed by atoms with Gasteiger partial charge >= 0.3 is 0 Å². The number of furan rings is 1. The predicted molar refractivity (Wildman–Crippen MR) is 209 cm³/mol. The second-order valence-electron chi connectivity index (χ2n) is 12.8. The molecule has 0 saturated carbocycles. The van der Waals surface area contributed by atoms with Crippen LogP contribution in [-0.2, 0) is 0 Å². The van der Waals surface area contributed by atoms with Crippen LogP contribution in [0.1, 0.15) is 0 Å². The number of benzene rings is 8. The van der Waals surface area contributed by atoms with E-state index in [2.05, 4.69) is 146 Å². The van der Waals surface area contributed by atoms with E-state index in [1.54, 1.807) is 0 Å². The van der Waals surface area contributed by atoms with Crippen LogP contribution in [0.3, 0.4) is 0 Å². The molecule has 0 fully saturated rings. The fourth-order valence-electron chi connectivity index (χ4n) is 7.29. The Kier molecular flexibility index (Phi) is 6.78. The van der Waals surface area contributed by atoms with Gasteiger partial charge in [0.25, 0.3) is 0 Å². The van der Waals surface area contributed by atoms with Crippen molar-refractivity contribution in [2.45, 2.75) is 0 Å². The van der Waals surface area contributed by atoms with Crippen molar-refractivity contribution in [2.75, 3.05) is 0 Å². The lowest BCUT2D eigenvalue weighted by molar-refractivity contribution is 0.673. The van der Waals surface area contributed by atoms with E-state index in [0.717, 1.165) is 71.3 Å². The van der Waals surface area contributed by atoms with Gasteiger partial charge in [0.1, 0.15) is 11.2 Å². The summed E-state index contributed by atoms with van der Waals surface area (Å²) in [6.45, 7) is 0. The number of hydrogen-bond donors (Lipinski definition) is 0. The molecule has 0 aliphatic rings. The molecule has 0 N–H and O–H groups in total. The Hall–Kier alpha value is -6.91. The maximum Gasteiger partial charge on any atom is 0.164 e. The summed E-state index contributed by atoms with van der Waals surface area (Å²) in [6, 6.07) is 60.9. The molecule has 4 nitrogen and oxygen atoms in total. The molecule has 2 heterocycles. The topological polar surface area (TPSA) is 51.8 Å². The molecule has 0 unspecified atom stereocenters. The molecule has 2 aromatic heterocycles. The molecule has 10 aromatic rings. The molecular weight excluding hydrogens is 623 g/mol. The summed E-state index contributed by atoms with van der Waals surface area (Å²) in [4.78, 5) is 15.6. The van der Waals surface area contributed by atoms with Gasteiger partial charge in [-0.1, -0.05) is 152 Å². The summed E-state index contributed by atoms with van der Waals surface area (Å²) in [5.74, 6) is 1.86. The predicted octanol–water partition coefficient (Wildman–Crippen LogP) is 12.4. The van der Waals surface area contributed by atoms with Crippen molar-refractivity contribution in [3.8, 4) is 56.4 Å². The largest absolute Gasteiger partial charge is 0.455 e. The summed E-state index contributed by atoms with van der Waals surface area (Å²) >= 11 is 0. The van der Waals surface area contributed by atoms with Crippen LogP contribution in [0.2, 0.25) is 0 Å². The average Bonchev–Trinajstić information content (AvgIpc) is 3.59. The molecule has 0 bridgehead atoms. The van der Waals surface area contributed by atoms with Gasteiger partial charge in [-0.05, 0) is 62.7 Å². The summed E-state index contributed by atoms with van der Waals surface area (Å²) in [7, 11) is 0. The molecule has 0 radical (unpaired) electrons. The second kappa shape index (κ2) is 11.9. The molecule has 0 saturated heterocycles. The number of fused-ring (bicyclic) bond motifs is 6. The van der Waals surface area contributed by atoms with E-state index in [-0.39, 0.29) is 0 Å². The monoisotopic (exact) mass is 651 g/mol. The lowest BCUT2D eigenvalue weighted by Gasteiger charge is -2.14. The van der Waals surface area contributed by atoms with E-state index in [1.807, 2.05) is 30.3 Å². The van der Waals surface area contributed by atoms with Gasteiger partial charge in [0.05, 0.1) is 0 Å². The van der Waals surface area contributed by atoms with Gasteiger partial charge in [-0.3, -0.25) is 0 Å². The van der Waals surface area contributed by atoms with Crippen molar-refractivity contribution >= 4 is 43.5 Å². The zero-order valence-electron chi connectivity index (χ0n) is 27.5. The number of nitrogens with zero attached hydrogens (tertiary/aromatic N) is 3. The average molecular weight is 652 g/mol. The fourth-order valence-corrected chi connectivity index (χ4v) is 7.29. The van der Waals surface area contributed by atoms with E-state index < -0.39 is 0 Å². The molecule has 0 amide bonds. The fraction of sp³-hybridized carbons (Fsp3) is 0. The van der Waals surface area contributed by atoms with E-state index >= 15 is 0 Å². The molecule has 4 heteroatoms. The van der Waals surface area contributed by atoms with Crippen molar-refractivity contribution in [1.29, 1.82) is 0 Å². The second-order valence-corrected chi connectivity index (χ2v) is 12.8. The SMILES string of the molecule is c1ccc(-c2ccc3oc4c5ccccc5c(-c5nc(-c6ccccc6)nc(-c6ccc(-c7ccccc7)c7ccccc67)n5)cc4c3c2)cc1. The molecule has 0 aliphatic heterocycles. The molecular formula is C47H29N3O. The quantitative estimate of drug-likeness (QED) is 0.186. The minimum Gasteiger partial charge on any atom is -0.455 e. The van der Waals surface area contributed by atoms with Crippen molar-refractivity contribution in [3.05, 3.63) is 176 Å². The molecule has 8 aromatic carbocycles. The van der Waals surface area contributed by atoms with Gasteiger partial charge in [-0.2, -0.15) is 0 Å². The van der Waals surface area contributed by atoms with Crippen LogP contribution in [0.25, 0.3) is 99.9 Å². The van der Waals surface area contributed by atoms with Crippen LogP contribution >= 0.6 is 0 Å². The van der Waals surface area contributed by atoms with Crippen molar-refractivity contribution in [2.24, 2.45) is 0 Å². The highest BCUT2D eigenvalue weighted by Gasteiger charge is 2.20. The first-order valence-electron chi connectivity index (χ1n) is 17.1. The van der Waals surface area contributed by atoms with Crippen LogP contribution in [0.15, 0.2) is 180 Å². The Morgan fingerprint density at radius 2 is 0.804 bits per heavy atom. The number of hydrogen-bond acceptors (Lipinski definition) is 4. The van der Waals surface area contributed by atoms with Gasteiger partial charge in [0.2, 0.25) is 0 Å². The van der Waals surface area contributed by atoms with Gasteiger partial charge in [-0.15, -0.1) is 0 Å². The van der Waals surface area contributed by atoms with E-state index in [4.69, 9.17) is 19.4 Å². The maximum absolute atomic E-state index is 6.58. The standard InChI is InChI=1S/C47H29N3O/c1-4-14-30(15-5-1)33-24-27-43-40(28-33)41-29-42(37-22-12-13-23-38(37)44(41)51-43)47-49-45(32-18-8-3-9-19-32)48-46(50-47)39-26-25-34(31-16-6-2-7-17-31)35-20-10-11-21-36(35)39/h1-29H. The number of rotatable bonds is 5. The molecule has 51 heavy (non-hydrogen) atoms. The van der Waals surface area contributed by atoms with Crippen molar-refractivity contribution in [1.82, 2.24) is 15.0 Å². The van der Waals surface area contributed by atoms with Crippen LogP contribution in [0.4, 0.5) is 0 Å². The van der Waals surface area contributed by atoms with Crippen molar-refractivity contribution < 1.29 is 4.42 Å². The summed E-state index contributed by atoms with van der Waals surface area (Å²) in [6.07, 6.45) is 0. The molecule has 0 aliphatic carbocycles. The molecule has 238 valence electrons. The summed E-state index contributed by atoms with van der Waals surface area (Å²) in [5, 5.41) is 6.35. The van der Waals surface area contributed by atoms with Gasteiger partial charge in [0, 0.05) is 32.8 Å². The third kappa shape index (κ3) is 4.96. The lowest BCUT2D eigenvalue weighted by atomic mass is 9.94. The normalized spacial score (nSPS) is 11.5. The van der Waals surface area contributed by atoms with Crippen LogP contribution < -0.4 is 0 Å². The Morgan fingerprint density at radius 3 is 1.49 bits per heavy atom. The highest BCUT2D eigenvalue weighted by Crippen LogP contribution is 2.41. The molecule has 0 spiro atoms. The molecule has 0 atom stereocenters. The minimum absolute atomic E-state index is 0.613. The Labute approximate surface area is 294 Å². The first-order valence-corrected chi connectivity index (χ1v) is 17.1.